The first-order chi connectivity index (χ1) is 25.5. The number of aliphatic hydroxyl groups is 4. The molecule has 0 bridgehead atoms. The predicted octanol–water partition coefficient (Wildman–Crippen LogP) is 1.56. The molecule has 3 aliphatic rings. The van der Waals surface area contributed by atoms with E-state index in [0.29, 0.717) is 12.0 Å². The second-order valence-corrected chi connectivity index (χ2v) is 15.4. The second kappa shape index (κ2) is 21.4. The predicted molar refractivity (Wildman–Crippen MR) is 196 cm³/mol. The summed E-state index contributed by atoms with van der Waals surface area (Å²) in [5.74, 6) is -3.37. The molecule has 310 valence electrons. The third kappa shape index (κ3) is 11.7. The van der Waals surface area contributed by atoms with Crippen LogP contribution >= 0.6 is 0 Å². The Morgan fingerprint density at radius 3 is 2.11 bits per heavy atom. The van der Waals surface area contributed by atoms with E-state index in [4.69, 9.17) is 33.2 Å². The van der Waals surface area contributed by atoms with Crippen molar-refractivity contribution in [2.24, 2.45) is 23.7 Å². The van der Waals surface area contributed by atoms with Crippen molar-refractivity contribution >= 4 is 18.0 Å². The number of rotatable bonds is 11. The lowest BCUT2D eigenvalue weighted by Crippen LogP contribution is -2.63. The number of cyclic esters (lactones) is 1. The Morgan fingerprint density at radius 2 is 1.52 bits per heavy atom. The molecule has 0 radical (unpaired) electrons. The van der Waals surface area contributed by atoms with E-state index in [1.807, 2.05) is 19.9 Å². The van der Waals surface area contributed by atoms with Gasteiger partial charge in [0.1, 0.15) is 36.8 Å². The summed E-state index contributed by atoms with van der Waals surface area (Å²) in [6.45, 7) is 10.5. The smallest absolute Gasteiger partial charge is 0.308 e. The molecule has 2 saturated heterocycles. The quantitative estimate of drug-likeness (QED) is 0.174. The molecule has 15 nitrogen and oxygen atoms in total. The number of likely N-dealkylation sites (N-methyl/N-ethyl adjacent to an activating group) is 1. The van der Waals surface area contributed by atoms with Crippen LogP contribution < -0.4 is 0 Å². The normalized spacial score (nSPS) is 43.6. The highest BCUT2D eigenvalue weighted by molar-refractivity contribution is 5.91. The zero-order chi connectivity index (χ0) is 40.4. The monoisotopic (exact) mass is 771 g/mol. The van der Waals surface area contributed by atoms with Crippen LogP contribution in [0, 0.1) is 23.7 Å². The van der Waals surface area contributed by atoms with E-state index >= 15 is 0 Å². The summed E-state index contributed by atoms with van der Waals surface area (Å²) in [5, 5.41) is 44.2. The molecule has 2 fully saturated rings. The van der Waals surface area contributed by atoms with Gasteiger partial charge in [0.05, 0.1) is 49.6 Å². The van der Waals surface area contributed by atoms with Crippen LogP contribution in [0.3, 0.4) is 0 Å². The highest BCUT2D eigenvalue weighted by Gasteiger charge is 2.48. The van der Waals surface area contributed by atoms with Gasteiger partial charge < -0.3 is 63.3 Å². The molecule has 0 spiro atoms. The van der Waals surface area contributed by atoms with Crippen LogP contribution in [0.2, 0.25) is 0 Å². The van der Waals surface area contributed by atoms with Gasteiger partial charge in [0.25, 0.3) is 0 Å². The van der Waals surface area contributed by atoms with Crippen LogP contribution in [0.25, 0.3) is 0 Å². The first-order valence-corrected chi connectivity index (χ1v) is 19.0. The maximum absolute atomic E-state index is 13.6. The van der Waals surface area contributed by atoms with Crippen molar-refractivity contribution in [3.05, 3.63) is 23.8 Å². The molecule has 0 aromatic carbocycles. The van der Waals surface area contributed by atoms with Gasteiger partial charge >= 0.3 is 5.97 Å². The molecular weight excluding hydrogens is 706 g/mol. The van der Waals surface area contributed by atoms with Crippen LogP contribution in [0.1, 0.15) is 67.2 Å². The van der Waals surface area contributed by atoms with Crippen LogP contribution in [0.15, 0.2) is 23.8 Å². The van der Waals surface area contributed by atoms with E-state index in [0.717, 1.165) is 6.29 Å². The standard InChI is InChI=1S/C39H65NO14/c1-11-29-26(19-50-39-37(49-10)36(48-9)33(46)24(6)52-39)16-20(2)12-13-27(42)21(3)17-25(14-15-41)35(22(4)28(43)18-30(44)53-29)54-38-34(47)31(40(7)8)32(45)23(5)51-38/h12-13,15-16,21-26,28-29,31-39,43,45-47H,11,14,17-19H2,1-10H3/b13-12-,20-16+/t21-,22+,23-,24-,25+,26-,28-,29-,31+,32-,33-,34-,35-,36-,37-,38+,39-/m1/s1. The van der Waals surface area contributed by atoms with Gasteiger partial charge in [-0.15, -0.1) is 0 Å². The lowest BCUT2D eigenvalue weighted by Gasteiger charge is -2.46. The summed E-state index contributed by atoms with van der Waals surface area (Å²) in [5.41, 5.74) is 0.701. The van der Waals surface area contributed by atoms with E-state index < -0.39 is 116 Å². The summed E-state index contributed by atoms with van der Waals surface area (Å²) in [6, 6.07) is -0.740. The average Bonchev–Trinajstić information content (AvgIpc) is 3.12. The molecule has 0 aliphatic carbocycles. The van der Waals surface area contributed by atoms with Gasteiger partial charge in [0, 0.05) is 38.4 Å². The number of hydrogen-bond acceptors (Lipinski definition) is 15. The largest absolute Gasteiger partial charge is 0.462 e. The Balaban J connectivity index is 1.96. The average molecular weight is 772 g/mol. The molecule has 0 unspecified atom stereocenters. The van der Waals surface area contributed by atoms with Gasteiger partial charge in [-0.2, -0.15) is 0 Å². The number of ketones is 1. The van der Waals surface area contributed by atoms with Crippen molar-refractivity contribution in [3.63, 3.8) is 0 Å². The number of aldehydes is 1. The van der Waals surface area contributed by atoms with Gasteiger partial charge in [-0.05, 0) is 59.7 Å². The first-order valence-electron chi connectivity index (χ1n) is 19.0. The topological polar surface area (TPSA) is 200 Å². The van der Waals surface area contributed by atoms with E-state index in [1.54, 1.807) is 52.8 Å². The lowest BCUT2D eigenvalue weighted by molar-refractivity contribution is -0.304. The van der Waals surface area contributed by atoms with Gasteiger partial charge in [-0.1, -0.05) is 38.5 Å². The van der Waals surface area contributed by atoms with Gasteiger partial charge in [-0.25, -0.2) is 0 Å². The third-order valence-electron chi connectivity index (χ3n) is 11.1. The van der Waals surface area contributed by atoms with E-state index in [1.165, 1.54) is 20.3 Å². The Bertz CT molecular complexity index is 1260. The van der Waals surface area contributed by atoms with E-state index in [9.17, 15) is 34.8 Å². The maximum atomic E-state index is 13.6. The van der Waals surface area contributed by atoms with Crippen LogP contribution in [-0.4, -0.2) is 158 Å². The molecule has 4 N–H and O–H groups in total. The van der Waals surface area contributed by atoms with Gasteiger partial charge in [-0.3, -0.25) is 9.59 Å². The first kappa shape index (κ1) is 46.2. The number of nitrogens with zero attached hydrogens (tertiary/aromatic N) is 1. The summed E-state index contributed by atoms with van der Waals surface area (Å²) < 4.78 is 41.6. The van der Waals surface area contributed by atoms with Crippen molar-refractivity contribution < 1.29 is 68.0 Å². The van der Waals surface area contributed by atoms with E-state index in [2.05, 4.69) is 0 Å². The van der Waals surface area contributed by atoms with Gasteiger partial charge in [0.2, 0.25) is 0 Å². The maximum Gasteiger partial charge on any atom is 0.308 e. The fraction of sp³-hybridized carbons (Fsp3) is 0.821. The molecule has 0 aromatic heterocycles. The fourth-order valence-electron chi connectivity index (χ4n) is 7.76. The highest BCUT2D eigenvalue weighted by atomic mass is 16.7. The molecule has 0 amide bonds. The number of methoxy groups -OCH3 is 2. The third-order valence-corrected chi connectivity index (χ3v) is 11.1. The highest BCUT2D eigenvalue weighted by Crippen LogP contribution is 2.35. The summed E-state index contributed by atoms with van der Waals surface area (Å²) in [7, 11) is 6.36. The second-order valence-electron chi connectivity index (χ2n) is 15.4. The molecular formula is C39H65NO14. The Kier molecular flexibility index (Phi) is 18.3. The van der Waals surface area contributed by atoms with Crippen molar-refractivity contribution in [2.75, 3.05) is 34.9 Å². The minimum absolute atomic E-state index is 0.0120. The molecule has 3 rings (SSSR count). The molecule has 15 heteroatoms. The Labute approximate surface area is 319 Å². The van der Waals surface area contributed by atoms with Gasteiger partial charge in [0.15, 0.2) is 18.4 Å². The molecule has 54 heavy (non-hydrogen) atoms. The summed E-state index contributed by atoms with van der Waals surface area (Å²) in [6.07, 6.45) is -5.36. The minimum atomic E-state index is -1.31. The molecule has 17 atom stereocenters. The number of esters is 1. The van der Waals surface area contributed by atoms with Crippen molar-refractivity contribution in [1.29, 1.82) is 0 Å². The number of carbonyl (C=O) groups is 3. The zero-order valence-corrected chi connectivity index (χ0v) is 33.5. The molecule has 0 saturated carbocycles. The molecule has 3 aliphatic heterocycles. The number of hydrogen-bond donors (Lipinski definition) is 4. The SMILES string of the molecule is CC[C@H]1OC(=O)C[C@@H](O)[C@H](C)[C@@H](O[C@@H]2O[C@H](C)[C@@H](O)[C@H](N(C)C)[C@H]2O)[C@@H](CC=O)C[C@@H](C)C(=O)/C=C\C(C)=C\[C@@H]1CO[C@@H]1O[C@H](C)[C@@H](O)[C@@H](OC)[C@H]1OC. The summed E-state index contributed by atoms with van der Waals surface area (Å²) >= 11 is 0. The number of aliphatic hydroxyl groups excluding tert-OH is 4. The van der Waals surface area contributed by atoms with Crippen LogP contribution in [0.4, 0.5) is 0 Å². The van der Waals surface area contributed by atoms with Crippen molar-refractivity contribution in [1.82, 2.24) is 4.90 Å². The number of carbonyl (C=O) groups excluding carboxylic acids is 3. The lowest BCUT2D eigenvalue weighted by atomic mass is 9.79. The summed E-state index contributed by atoms with van der Waals surface area (Å²) in [4.78, 5) is 40.8. The Hall–Kier alpha value is -2.15. The molecule has 3 heterocycles. The number of allylic oxidation sites excluding steroid dienone is 3. The Morgan fingerprint density at radius 1 is 0.889 bits per heavy atom. The van der Waals surface area contributed by atoms with Crippen LogP contribution in [0.5, 0.6) is 0 Å². The van der Waals surface area contributed by atoms with Crippen LogP contribution in [-0.2, 0) is 47.5 Å². The van der Waals surface area contributed by atoms with Crippen molar-refractivity contribution in [2.45, 2.75) is 147 Å². The molecule has 0 aromatic rings. The number of ether oxygens (including phenoxy) is 7. The minimum Gasteiger partial charge on any atom is -0.462 e. The zero-order valence-electron chi connectivity index (χ0n) is 33.5. The van der Waals surface area contributed by atoms with E-state index in [-0.39, 0.29) is 25.2 Å². The van der Waals surface area contributed by atoms with Crippen molar-refractivity contribution in [3.8, 4) is 0 Å². The fourth-order valence-corrected chi connectivity index (χ4v) is 7.76.